The number of amides is 3. The summed E-state index contributed by atoms with van der Waals surface area (Å²) in [7, 11) is 0. The Morgan fingerprint density at radius 3 is 2.54 bits per heavy atom. The number of rotatable bonds is 2. The summed E-state index contributed by atoms with van der Waals surface area (Å²) in [6.45, 7) is 4.29. The predicted molar refractivity (Wildman–Crippen MR) is 89.7 cm³/mol. The smallest absolute Gasteiger partial charge is 0.249 e. The lowest BCUT2D eigenvalue weighted by molar-refractivity contribution is -0.136. The molecule has 4 rings (SSSR count). The lowest BCUT2D eigenvalue weighted by Crippen LogP contribution is -2.56. The van der Waals surface area contributed by atoms with Gasteiger partial charge in [0.15, 0.2) is 0 Å². The summed E-state index contributed by atoms with van der Waals surface area (Å²) >= 11 is 0. The van der Waals surface area contributed by atoms with E-state index < -0.39 is 11.5 Å². The van der Waals surface area contributed by atoms with E-state index in [-0.39, 0.29) is 24.1 Å². The molecule has 3 aliphatic rings. The van der Waals surface area contributed by atoms with Crippen molar-refractivity contribution in [3.05, 3.63) is 29.3 Å². The van der Waals surface area contributed by atoms with Crippen molar-refractivity contribution < 1.29 is 14.4 Å². The summed E-state index contributed by atoms with van der Waals surface area (Å²) in [5.74, 6) is -0.169. The molecular weight excluding hydrogens is 304 g/mol. The molecule has 1 aromatic rings. The Morgan fingerprint density at radius 1 is 1.21 bits per heavy atom. The molecule has 3 amide bonds. The van der Waals surface area contributed by atoms with Crippen LogP contribution in [0.15, 0.2) is 18.2 Å². The van der Waals surface area contributed by atoms with Gasteiger partial charge >= 0.3 is 0 Å². The van der Waals surface area contributed by atoms with Gasteiger partial charge in [-0.1, -0.05) is 32.4 Å². The maximum Gasteiger partial charge on any atom is 0.249 e. The van der Waals surface area contributed by atoms with Crippen LogP contribution in [0.5, 0.6) is 0 Å². The van der Waals surface area contributed by atoms with Gasteiger partial charge in [-0.25, -0.2) is 0 Å². The van der Waals surface area contributed by atoms with Crippen molar-refractivity contribution in [3.8, 4) is 0 Å². The molecule has 1 aromatic carbocycles. The van der Waals surface area contributed by atoms with E-state index >= 15 is 0 Å². The normalized spacial score (nSPS) is 25.0. The van der Waals surface area contributed by atoms with Crippen LogP contribution in [-0.2, 0) is 19.8 Å². The largest absolute Gasteiger partial charge is 0.299 e. The Hall–Kier alpha value is -2.17. The molecule has 1 atom stereocenters. The summed E-state index contributed by atoms with van der Waals surface area (Å²) in [6, 6.07) is 5.62. The number of carbonyl (C=O) groups excluding carboxylic acids is 3. The van der Waals surface area contributed by atoms with Gasteiger partial charge in [0.2, 0.25) is 17.7 Å². The molecule has 0 bridgehead atoms. The second-order valence-electron chi connectivity index (χ2n) is 7.51. The Kier molecular flexibility index (Phi) is 3.31. The van der Waals surface area contributed by atoms with Gasteiger partial charge in [-0.3, -0.25) is 24.6 Å². The number of hydrogen-bond acceptors (Lipinski definition) is 3. The average molecular weight is 326 g/mol. The zero-order valence-electron chi connectivity index (χ0n) is 14.1. The third-order valence-corrected chi connectivity index (χ3v) is 5.82. The van der Waals surface area contributed by atoms with E-state index in [1.165, 1.54) is 5.56 Å². The lowest BCUT2D eigenvalue weighted by Gasteiger charge is -2.38. The Bertz CT molecular complexity index is 749. The fourth-order valence-corrected chi connectivity index (χ4v) is 4.21. The second kappa shape index (κ2) is 5.16. The molecule has 2 heterocycles. The maximum atomic E-state index is 13.2. The fourth-order valence-electron chi connectivity index (χ4n) is 4.21. The van der Waals surface area contributed by atoms with Crippen LogP contribution in [0.1, 0.15) is 63.0 Å². The number of piperidine rings is 1. The van der Waals surface area contributed by atoms with Gasteiger partial charge in [0, 0.05) is 12.1 Å². The fraction of sp³-hybridized carbons (Fsp3) is 0.526. The maximum absolute atomic E-state index is 13.2. The summed E-state index contributed by atoms with van der Waals surface area (Å²) in [5.41, 5.74) is 2.72. The first kappa shape index (κ1) is 15.4. The first-order valence-corrected chi connectivity index (χ1v) is 8.76. The molecule has 1 saturated carbocycles. The molecule has 1 saturated heterocycles. The van der Waals surface area contributed by atoms with Gasteiger partial charge in [0.1, 0.15) is 6.04 Å². The minimum Gasteiger partial charge on any atom is -0.299 e. The Labute approximate surface area is 141 Å². The first-order valence-electron chi connectivity index (χ1n) is 8.76. The zero-order chi connectivity index (χ0) is 17.1. The van der Waals surface area contributed by atoms with Crippen LogP contribution in [0.3, 0.4) is 0 Å². The van der Waals surface area contributed by atoms with Crippen molar-refractivity contribution >= 4 is 23.4 Å². The number of fused-ring (bicyclic) bond motifs is 2. The summed E-state index contributed by atoms with van der Waals surface area (Å²) in [4.78, 5) is 38.7. The highest BCUT2D eigenvalue weighted by atomic mass is 16.2. The molecule has 2 aliphatic heterocycles. The number of hydrogen-bond donors (Lipinski definition) is 1. The van der Waals surface area contributed by atoms with Gasteiger partial charge in [0.05, 0.1) is 5.41 Å². The quantitative estimate of drug-likeness (QED) is 0.849. The van der Waals surface area contributed by atoms with Crippen LogP contribution in [0, 0.1) is 0 Å². The highest BCUT2D eigenvalue weighted by molar-refractivity contribution is 6.14. The number of imide groups is 1. The average Bonchev–Trinajstić information content (AvgIpc) is 2.75. The molecule has 2 fully saturated rings. The summed E-state index contributed by atoms with van der Waals surface area (Å²) in [5, 5.41) is 2.38. The van der Waals surface area contributed by atoms with Gasteiger partial charge in [0.25, 0.3) is 0 Å². The highest BCUT2D eigenvalue weighted by Crippen LogP contribution is 2.54. The van der Waals surface area contributed by atoms with Gasteiger partial charge < -0.3 is 0 Å². The van der Waals surface area contributed by atoms with Crippen LogP contribution in [0.4, 0.5) is 5.69 Å². The summed E-state index contributed by atoms with van der Waals surface area (Å²) in [6.07, 6.45) is 3.43. The molecule has 5 nitrogen and oxygen atoms in total. The van der Waals surface area contributed by atoms with E-state index in [0.717, 1.165) is 30.5 Å². The zero-order valence-corrected chi connectivity index (χ0v) is 14.1. The number of carbonyl (C=O) groups is 3. The molecule has 1 unspecified atom stereocenters. The molecule has 24 heavy (non-hydrogen) atoms. The van der Waals surface area contributed by atoms with Crippen LogP contribution < -0.4 is 10.2 Å². The molecule has 1 aliphatic carbocycles. The first-order chi connectivity index (χ1) is 11.4. The van der Waals surface area contributed by atoms with Crippen LogP contribution in [-0.4, -0.2) is 23.8 Å². The van der Waals surface area contributed by atoms with Crippen LogP contribution in [0.2, 0.25) is 0 Å². The SMILES string of the molecule is CC(C)c1ccc2c(c1)C1(CCC1)C(=O)N2C1CCC(=O)NC1=O. The van der Waals surface area contributed by atoms with Crippen LogP contribution >= 0.6 is 0 Å². The molecule has 5 heteroatoms. The van der Waals surface area contributed by atoms with E-state index in [9.17, 15) is 14.4 Å². The minimum atomic E-state index is -0.571. The van der Waals surface area contributed by atoms with Crippen LogP contribution in [0.25, 0.3) is 0 Å². The molecule has 0 aromatic heterocycles. The highest BCUT2D eigenvalue weighted by Gasteiger charge is 2.56. The molecule has 1 spiro atoms. The Morgan fingerprint density at radius 2 is 1.96 bits per heavy atom. The van der Waals surface area contributed by atoms with Crippen molar-refractivity contribution in [3.63, 3.8) is 0 Å². The van der Waals surface area contributed by atoms with E-state index in [0.29, 0.717) is 12.3 Å². The van der Waals surface area contributed by atoms with Gasteiger partial charge in [-0.15, -0.1) is 0 Å². The number of nitrogens with one attached hydrogen (secondary N) is 1. The van der Waals surface area contributed by atoms with Crippen molar-refractivity contribution in [2.45, 2.75) is 63.3 Å². The second-order valence-corrected chi connectivity index (χ2v) is 7.51. The van der Waals surface area contributed by atoms with Crippen molar-refractivity contribution in [2.24, 2.45) is 0 Å². The van der Waals surface area contributed by atoms with Gasteiger partial charge in [-0.2, -0.15) is 0 Å². The third-order valence-electron chi connectivity index (χ3n) is 5.82. The third kappa shape index (κ3) is 1.96. The lowest BCUT2D eigenvalue weighted by atomic mass is 9.65. The van der Waals surface area contributed by atoms with E-state index in [1.54, 1.807) is 4.90 Å². The van der Waals surface area contributed by atoms with Crippen molar-refractivity contribution in [1.29, 1.82) is 0 Å². The van der Waals surface area contributed by atoms with Gasteiger partial charge in [-0.05, 0) is 42.4 Å². The van der Waals surface area contributed by atoms with Crippen molar-refractivity contribution in [2.75, 3.05) is 4.90 Å². The Balaban J connectivity index is 1.79. The molecule has 1 N–H and O–H groups in total. The predicted octanol–water partition coefficient (Wildman–Crippen LogP) is 2.38. The monoisotopic (exact) mass is 326 g/mol. The number of benzene rings is 1. The summed E-state index contributed by atoms with van der Waals surface area (Å²) < 4.78 is 0. The molecule has 0 radical (unpaired) electrons. The van der Waals surface area contributed by atoms with Crippen molar-refractivity contribution in [1.82, 2.24) is 5.32 Å². The van der Waals surface area contributed by atoms with E-state index in [2.05, 4.69) is 25.2 Å². The van der Waals surface area contributed by atoms with E-state index in [4.69, 9.17) is 0 Å². The molecule has 126 valence electrons. The minimum absolute atomic E-state index is 0.0409. The standard InChI is InChI=1S/C19H22N2O3/c1-11(2)12-4-5-14-13(10-12)19(8-3-9-19)18(24)21(14)15-6-7-16(22)20-17(15)23/h4-5,10-11,15H,3,6-9H2,1-2H3,(H,20,22,23). The number of anilines is 1. The number of nitrogens with zero attached hydrogens (tertiary/aromatic N) is 1. The van der Waals surface area contributed by atoms with E-state index in [1.807, 2.05) is 12.1 Å². The molecular formula is C19H22N2O3. The topological polar surface area (TPSA) is 66.5 Å².